The predicted octanol–water partition coefficient (Wildman–Crippen LogP) is 1.77. The zero-order valence-corrected chi connectivity index (χ0v) is 5.79. The van der Waals surface area contributed by atoms with E-state index in [1.54, 1.807) is 13.8 Å². The second-order valence-corrected chi connectivity index (χ2v) is 3.09. The van der Waals surface area contributed by atoms with Crippen molar-refractivity contribution in [1.29, 1.82) is 0 Å². The molecule has 44 valence electrons. The van der Waals surface area contributed by atoms with Gasteiger partial charge in [0.05, 0.1) is 0 Å². The summed E-state index contributed by atoms with van der Waals surface area (Å²) in [5.41, 5.74) is 0. The van der Waals surface area contributed by atoms with E-state index in [0.717, 1.165) is 0 Å². The molecule has 0 aromatic rings. The molecule has 0 heterocycles. The van der Waals surface area contributed by atoms with Gasteiger partial charge < -0.3 is 5.11 Å². The van der Waals surface area contributed by atoms with E-state index in [0.29, 0.717) is 0 Å². The molecule has 0 aliphatic heterocycles. The average molecular weight is 143 g/mol. The van der Waals surface area contributed by atoms with Crippen LogP contribution in [0, 0.1) is 5.92 Å². The zero-order valence-electron chi connectivity index (χ0n) is 4.28. The van der Waals surface area contributed by atoms with Gasteiger partial charge in [-0.3, -0.25) is 0 Å². The molecule has 0 unspecified atom stereocenters. The van der Waals surface area contributed by atoms with Gasteiger partial charge in [-0.25, -0.2) is 0 Å². The second kappa shape index (κ2) is 2.21. The third-order valence-electron chi connectivity index (χ3n) is 0.695. The van der Waals surface area contributed by atoms with Crippen molar-refractivity contribution in [2.45, 2.75) is 18.4 Å². The minimum Gasteiger partial charge on any atom is -0.362 e. The van der Waals surface area contributed by atoms with E-state index in [2.05, 4.69) is 0 Å². The van der Waals surface area contributed by atoms with Crippen molar-refractivity contribution in [2.24, 2.45) is 5.92 Å². The van der Waals surface area contributed by atoms with Gasteiger partial charge in [0, 0.05) is 5.92 Å². The Hall–Kier alpha value is 0.540. The number of aliphatic hydroxyl groups is 1. The van der Waals surface area contributed by atoms with Crippen LogP contribution in [-0.4, -0.2) is 9.63 Å². The summed E-state index contributed by atoms with van der Waals surface area (Å²) in [7, 11) is 0. The summed E-state index contributed by atoms with van der Waals surface area (Å²) < 4.78 is -1.56. The molecule has 0 aromatic heterocycles. The van der Waals surface area contributed by atoms with Crippen LogP contribution >= 0.6 is 23.2 Å². The Morgan fingerprint density at radius 1 is 1.43 bits per heavy atom. The fraction of sp³-hybridized carbons (Fsp3) is 1.00. The van der Waals surface area contributed by atoms with Crippen LogP contribution in [0.2, 0.25) is 0 Å². The summed E-state index contributed by atoms with van der Waals surface area (Å²) in [6.45, 7) is 3.47. The maximum atomic E-state index is 8.63. The van der Waals surface area contributed by atoms with Crippen LogP contribution in [0.15, 0.2) is 0 Å². The molecule has 0 radical (unpaired) electrons. The topological polar surface area (TPSA) is 20.2 Å². The van der Waals surface area contributed by atoms with Crippen LogP contribution in [0.5, 0.6) is 0 Å². The lowest BCUT2D eigenvalue weighted by Crippen LogP contribution is -2.18. The average Bonchev–Trinajstić information content (AvgIpc) is 1.31. The van der Waals surface area contributed by atoms with Gasteiger partial charge >= 0.3 is 0 Å². The molecular weight excluding hydrogens is 135 g/mol. The summed E-state index contributed by atoms with van der Waals surface area (Å²) in [6, 6.07) is 0. The molecule has 0 atom stereocenters. The SMILES string of the molecule is CC(C)C(O)(Cl)Cl. The minimum atomic E-state index is -1.56. The Balaban J connectivity index is 3.54. The smallest absolute Gasteiger partial charge is 0.217 e. The number of alkyl halides is 2. The van der Waals surface area contributed by atoms with Gasteiger partial charge in [0.2, 0.25) is 4.52 Å². The first-order valence-electron chi connectivity index (χ1n) is 2.04. The van der Waals surface area contributed by atoms with Crippen LogP contribution in [0.3, 0.4) is 0 Å². The first-order chi connectivity index (χ1) is 2.94. The molecule has 7 heavy (non-hydrogen) atoms. The third kappa shape index (κ3) is 3.15. The molecule has 0 aromatic carbocycles. The normalized spacial score (nSPS) is 12.9. The maximum Gasteiger partial charge on any atom is 0.217 e. The lowest BCUT2D eigenvalue weighted by molar-refractivity contribution is 0.163. The molecule has 0 bridgehead atoms. The second-order valence-electron chi connectivity index (χ2n) is 1.74. The lowest BCUT2D eigenvalue weighted by Gasteiger charge is -2.14. The molecule has 0 amide bonds. The van der Waals surface area contributed by atoms with Gasteiger partial charge in [-0.05, 0) is 0 Å². The molecular formula is C4H8Cl2O. The van der Waals surface area contributed by atoms with Crippen LogP contribution in [0.4, 0.5) is 0 Å². The predicted molar refractivity (Wildman–Crippen MR) is 31.5 cm³/mol. The van der Waals surface area contributed by atoms with E-state index in [9.17, 15) is 0 Å². The number of hydrogen-bond donors (Lipinski definition) is 1. The summed E-state index contributed by atoms with van der Waals surface area (Å²) in [5.74, 6) is -0.115. The minimum absolute atomic E-state index is 0.115. The van der Waals surface area contributed by atoms with Crippen molar-refractivity contribution >= 4 is 23.2 Å². The Bertz CT molecular complexity index is 55.2. The number of hydrogen-bond acceptors (Lipinski definition) is 1. The Kier molecular flexibility index (Phi) is 2.38. The van der Waals surface area contributed by atoms with E-state index < -0.39 is 4.52 Å². The highest BCUT2D eigenvalue weighted by Gasteiger charge is 2.23. The van der Waals surface area contributed by atoms with Gasteiger partial charge in [-0.2, -0.15) is 0 Å². The molecule has 0 aliphatic carbocycles. The highest BCUT2D eigenvalue weighted by Crippen LogP contribution is 2.25. The van der Waals surface area contributed by atoms with E-state index in [4.69, 9.17) is 28.3 Å². The number of rotatable bonds is 1. The van der Waals surface area contributed by atoms with Crippen molar-refractivity contribution in [3.8, 4) is 0 Å². The van der Waals surface area contributed by atoms with Crippen molar-refractivity contribution in [3.05, 3.63) is 0 Å². The molecule has 0 fully saturated rings. The molecule has 1 N–H and O–H groups in total. The summed E-state index contributed by atoms with van der Waals surface area (Å²) in [4.78, 5) is 0. The molecule has 0 spiro atoms. The van der Waals surface area contributed by atoms with Gasteiger partial charge in [0.1, 0.15) is 0 Å². The highest BCUT2D eigenvalue weighted by atomic mass is 35.5. The fourth-order valence-electron chi connectivity index (χ4n) is 0. The summed E-state index contributed by atoms with van der Waals surface area (Å²) in [5, 5.41) is 8.63. The Morgan fingerprint density at radius 3 is 1.57 bits per heavy atom. The lowest BCUT2D eigenvalue weighted by atomic mass is 10.2. The third-order valence-corrected chi connectivity index (χ3v) is 1.57. The molecule has 0 rings (SSSR count). The van der Waals surface area contributed by atoms with Gasteiger partial charge in [0.15, 0.2) is 0 Å². The van der Waals surface area contributed by atoms with E-state index in [-0.39, 0.29) is 5.92 Å². The molecule has 0 saturated heterocycles. The van der Waals surface area contributed by atoms with Crippen molar-refractivity contribution in [1.82, 2.24) is 0 Å². The first kappa shape index (κ1) is 7.54. The van der Waals surface area contributed by atoms with Crippen LogP contribution in [-0.2, 0) is 0 Å². The molecule has 1 nitrogen and oxygen atoms in total. The molecule has 3 heteroatoms. The van der Waals surface area contributed by atoms with Crippen molar-refractivity contribution in [3.63, 3.8) is 0 Å². The zero-order chi connectivity index (χ0) is 6.08. The van der Waals surface area contributed by atoms with Crippen molar-refractivity contribution in [2.75, 3.05) is 0 Å². The van der Waals surface area contributed by atoms with E-state index >= 15 is 0 Å². The largest absolute Gasteiger partial charge is 0.362 e. The van der Waals surface area contributed by atoms with Gasteiger partial charge in [-0.15, -0.1) is 0 Å². The van der Waals surface area contributed by atoms with Gasteiger partial charge in [0.25, 0.3) is 0 Å². The van der Waals surface area contributed by atoms with E-state index in [1.807, 2.05) is 0 Å². The first-order valence-corrected chi connectivity index (χ1v) is 2.80. The number of halogens is 2. The van der Waals surface area contributed by atoms with E-state index in [1.165, 1.54) is 0 Å². The molecule has 0 saturated carbocycles. The van der Waals surface area contributed by atoms with Gasteiger partial charge in [-0.1, -0.05) is 37.0 Å². The Labute approximate surface area is 53.2 Å². The summed E-state index contributed by atoms with van der Waals surface area (Å²) >= 11 is 10.4. The van der Waals surface area contributed by atoms with Crippen LogP contribution in [0.25, 0.3) is 0 Å². The maximum absolute atomic E-state index is 8.63. The fourth-order valence-corrected chi connectivity index (χ4v) is 0. The van der Waals surface area contributed by atoms with Crippen LogP contribution in [0.1, 0.15) is 13.8 Å². The van der Waals surface area contributed by atoms with Crippen molar-refractivity contribution < 1.29 is 5.11 Å². The highest BCUT2D eigenvalue weighted by molar-refractivity contribution is 6.47. The quantitative estimate of drug-likeness (QED) is 0.554. The monoisotopic (exact) mass is 142 g/mol. The summed E-state index contributed by atoms with van der Waals surface area (Å²) in [6.07, 6.45) is 0. The Morgan fingerprint density at radius 2 is 1.57 bits per heavy atom. The molecule has 0 aliphatic rings. The van der Waals surface area contributed by atoms with Crippen LogP contribution < -0.4 is 0 Å². The standard InChI is InChI=1S/C4H8Cl2O/c1-3(2)4(5,6)7/h3,7H,1-2H3.